The van der Waals surface area contributed by atoms with Crippen molar-refractivity contribution in [1.82, 2.24) is 0 Å². The lowest BCUT2D eigenvalue weighted by molar-refractivity contribution is -0.138. The van der Waals surface area contributed by atoms with Crippen molar-refractivity contribution in [1.29, 1.82) is 0 Å². The molecule has 0 aliphatic carbocycles. The van der Waals surface area contributed by atoms with Crippen LogP contribution in [0.25, 0.3) is 0 Å². The number of benzene rings is 1. The molecule has 7 heteroatoms. The van der Waals surface area contributed by atoms with Gasteiger partial charge in [-0.2, -0.15) is 13.2 Å². The van der Waals surface area contributed by atoms with Gasteiger partial charge in [-0.3, -0.25) is 4.79 Å². The quantitative estimate of drug-likeness (QED) is 0.726. The fraction of sp³-hybridized carbons (Fsp3) is 0.300. The van der Waals surface area contributed by atoms with E-state index in [1.165, 1.54) is 12.1 Å². The van der Waals surface area contributed by atoms with Gasteiger partial charge in [-0.1, -0.05) is 6.07 Å². The number of hydrogen-bond donors (Lipinski definition) is 2. The minimum atomic E-state index is -4.54. The van der Waals surface area contributed by atoms with Gasteiger partial charge in [0.25, 0.3) is 0 Å². The zero-order valence-corrected chi connectivity index (χ0v) is 8.54. The summed E-state index contributed by atoms with van der Waals surface area (Å²) in [5.74, 6) is -0.954. The van der Waals surface area contributed by atoms with Gasteiger partial charge in [0, 0.05) is 0 Å². The topological polar surface area (TPSA) is 64.3 Å². The number of nitrogens with two attached hydrogens (primary N) is 1. The Balaban J connectivity index is 2.49. The fourth-order valence-corrected chi connectivity index (χ4v) is 1.49. The summed E-state index contributed by atoms with van der Waals surface area (Å²) in [5, 5.41) is 2.30. The minimum absolute atomic E-state index is 0.0159. The summed E-state index contributed by atoms with van der Waals surface area (Å²) in [4.78, 5) is 11.3. The van der Waals surface area contributed by atoms with Crippen molar-refractivity contribution in [2.45, 2.75) is 12.2 Å². The van der Waals surface area contributed by atoms with Gasteiger partial charge in [0.1, 0.15) is 12.6 Å². The highest BCUT2D eigenvalue weighted by Crippen LogP contribution is 2.41. The number of fused-ring (bicyclic) bond motifs is 1. The summed E-state index contributed by atoms with van der Waals surface area (Å²) in [6.07, 6.45) is -4.54. The Kier molecular flexibility index (Phi) is 2.70. The number of anilines is 1. The lowest BCUT2D eigenvalue weighted by atomic mass is 10.1. The SMILES string of the molecule is NC1COc2c(cccc2C(F)(F)F)NC1=O. The van der Waals surface area contributed by atoms with Gasteiger partial charge in [0.05, 0.1) is 11.3 Å². The highest BCUT2D eigenvalue weighted by molar-refractivity contribution is 5.97. The first-order chi connectivity index (χ1) is 7.89. The first kappa shape index (κ1) is 11.7. The highest BCUT2D eigenvalue weighted by atomic mass is 19.4. The van der Waals surface area contributed by atoms with E-state index in [0.717, 1.165) is 6.07 Å². The zero-order chi connectivity index (χ0) is 12.6. The van der Waals surface area contributed by atoms with E-state index in [-0.39, 0.29) is 18.0 Å². The molecule has 2 rings (SSSR count). The first-order valence-electron chi connectivity index (χ1n) is 4.79. The maximum absolute atomic E-state index is 12.7. The van der Waals surface area contributed by atoms with Crippen LogP contribution in [0.4, 0.5) is 18.9 Å². The molecule has 1 aliphatic rings. The Morgan fingerprint density at radius 3 is 2.76 bits per heavy atom. The van der Waals surface area contributed by atoms with Crippen LogP contribution in [0, 0.1) is 0 Å². The van der Waals surface area contributed by atoms with Crippen LogP contribution in [0.15, 0.2) is 18.2 Å². The van der Waals surface area contributed by atoms with Crippen molar-refractivity contribution in [3.05, 3.63) is 23.8 Å². The van der Waals surface area contributed by atoms with Crippen LogP contribution < -0.4 is 15.8 Å². The van der Waals surface area contributed by atoms with Crippen molar-refractivity contribution in [2.24, 2.45) is 5.73 Å². The lowest BCUT2D eigenvalue weighted by Crippen LogP contribution is -2.38. The third kappa shape index (κ3) is 2.19. The second kappa shape index (κ2) is 3.92. The number of hydrogen-bond acceptors (Lipinski definition) is 3. The Morgan fingerprint density at radius 2 is 2.12 bits per heavy atom. The average molecular weight is 246 g/mol. The summed E-state index contributed by atoms with van der Waals surface area (Å²) in [6, 6.07) is 2.44. The second-order valence-corrected chi connectivity index (χ2v) is 3.59. The molecule has 0 bridgehead atoms. The molecule has 4 nitrogen and oxygen atoms in total. The standard InChI is InChI=1S/C10H9F3N2O2/c11-10(12,13)5-2-1-3-7-8(5)17-4-6(14)9(16)15-7/h1-3,6H,4,14H2,(H,15,16). The molecule has 0 saturated carbocycles. The smallest absolute Gasteiger partial charge is 0.420 e. The molecule has 1 aromatic carbocycles. The number of carbonyl (C=O) groups excluding carboxylic acids is 1. The van der Waals surface area contributed by atoms with E-state index < -0.39 is 23.7 Å². The molecule has 17 heavy (non-hydrogen) atoms. The number of ether oxygens (including phenoxy) is 1. The predicted molar refractivity (Wildman–Crippen MR) is 53.5 cm³/mol. The number of halogens is 3. The van der Waals surface area contributed by atoms with Gasteiger partial charge in [-0.15, -0.1) is 0 Å². The maximum atomic E-state index is 12.7. The summed E-state index contributed by atoms with van der Waals surface area (Å²) in [6.45, 7) is -0.286. The molecule has 0 radical (unpaired) electrons. The molecular formula is C10H9F3N2O2. The molecule has 1 amide bonds. The lowest BCUT2D eigenvalue weighted by Gasteiger charge is -2.14. The largest absolute Gasteiger partial charge is 0.489 e. The van der Waals surface area contributed by atoms with E-state index >= 15 is 0 Å². The van der Waals surface area contributed by atoms with E-state index in [1.807, 2.05) is 0 Å². The van der Waals surface area contributed by atoms with Crippen molar-refractivity contribution in [2.75, 3.05) is 11.9 Å². The van der Waals surface area contributed by atoms with Crippen LogP contribution in [0.2, 0.25) is 0 Å². The van der Waals surface area contributed by atoms with Crippen LogP contribution in [-0.4, -0.2) is 18.6 Å². The zero-order valence-electron chi connectivity index (χ0n) is 8.54. The molecular weight excluding hydrogens is 237 g/mol. The summed E-state index contributed by atoms with van der Waals surface area (Å²) < 4.78 is 43.0. The molecule has 0 saturated heterocycles. The third-order valence-electron chi connectivity index (χ3n) is 2.32. The van der Waals surface area contributed by atoms with Crippen LogP contribution in [-0.2, 0) is 11.0 Å². The molecule has 1 unspecified atom stereocenters. The van der Waals surface area contributed by atoms with Gasteiger partial charge in [0.2, 0.25) is 5.91 Å². The van der Waals surface area contributed by atoms with Gasteiger partial charge in [-0.25, -0.2) is 0 Å². The Labute approximate surface area is 94.5 Å². The molecule has 1 aliphatic heterocycles. The Morgan fingerprint density at radius 1 is 1.41 bits per heavy atom. The van der Waals surface area contributed by atoms with E-state index in [1.54, 1.807) is 0 Å². The van der Waals surface area contributed by atoms with Crippen LogP contribution >= 0.6 is 0 Å². The fourth-order valence-electron chi connectivity index (χ4n) is 1.49. The first-order valence-corrected chi connectivity index (χ1v) is 4.79. The summed E-state index contributed by atoms with van der Waals surface area (Å²) in [7, 11) is 0. The molecule has 3 N–H and O–H groups in total. The van der Waals surface area contributed by atoms with E-state index in [4.69, 9.17) is 10.5 Å². The van der Waals surface area contributed by atoms with Crippen LogP contribution in [0.3, 0.4) is 0 Å². The van der Waals surface area contributed by atoms with Crippen LogP contribution in [0.1, 0.15) is 5.56 Å². The number of amides is 1. The molecule has 1 heterocycles. The molecule has 0 spiro atoms. The maximum Gasteiger partial charge on any atom is 0.420 e. The van der Waals surface area contributed by atoms with Crippen LogP contribution in [0.5, 0.6) is 5.75 Å². The normalized spacial score (nSPS) is 20.0. The van der Waals surface area contributed by atoms with Gasteiger partial charge in [0.15, 0.2) is 5.75 Å². The van der Waals surface area contributed by atoms with Crippen molar-refractivity contribution >= 4 is 11.6 Å². The molecule has 0 aromatic heterocycles. The van der Waals surface area contributed by atoms with Gasteiger partial charge < -0.3 is 15.8 Å². The van der Waals surface area contributed by atoms with Gasteiger partial charge in [-0.05, 0) is 12.1 Å². The number of alkyl halides is 3. The van der Waals surface area contributed by atoms with Crippen molar-refractivity contribution in [3.8, 4) is 5.75 Å². The van der Waals surface area contributed by atoms with Crippen molar-refractivity contribution in [3.63, 3.8) is 0 Å². The van der Waals surface area contributed by atoms with E-state index in [9.17, 15) is 18.0 Å². The monoisotopic (exact) mass is 246 g/mol. The number of nitrogens with one attached hydrogen (secondary N) is 1. The Bertz CT molecular complexity index is 459. The number of rotatable bonds is 0. The predicted octanol–water partition coefficient (Wildman–Crippen LogP) is 1.36. The molecule has 0 fully saturated rings. The summed E-state index contributed by atoms with van der Waals surface area (Å²) >= 11 is 0. The molecule has 92 valence electrons. The van der Waals surface area contributed by atoms with Gasteiger partial charge >= 0.3 is 6.18 Å². The van der Waals surface area contributed by atoms with Crippen molar-refractivity contribution < 1.29 is 22.7 Å². The van der Waals surface area contributed by atoms with E-state index in [2.05, 4.69) is 5.32 Å². The number of para-hydroxylation sites is 1. The molecule has 1 atom stereocenters. The highest BCUT2D eigenvalue weighted by Gasteiger charge is 2.37. The second-order valence-electron chi connectivity index (χ2n) is 3.59. The molecule has 1 aromatic rings. The average Bonchev–Trinajstić information content (AvgIpc) is 2.37. The Hall–Kier alpha value is -1.76. The third-order valence-corrected chi connectivity index (χ3v) is 2.32. The minimum Gasteiger partial charge on any atom is -0.489 e. The number of carbonyl (C=O) groups is 1. The summed E-state index contributed by atoms with van der Waals surface area (Å²) in [5.41, 5.74) is 4.46. The van der Waals surface area contributed by atoms with E-state index in [0.29, 0.717) is 0 Å².